The predicted molar refractivity (Wildman–Crippen MR) is 146 cm³/mol. The van der Waals surface area contributed by atoms with Crippen molar-refractivity contribution in [1.82, 2.24) is 14.7 Å². The van der Waals surface area contributed by atoms with Crippen molar-refractivity contribution in [3.63, 3.8) is 0 Å². The van der Waals surface area contributed by atoms with Crippen LogP contribution in [-0.2, 0) is 14.3 Å². The lowest BCUT2D eigenvalue weighted by Gasteiger charge is -2.09. The Morgan fingerprint density at radius 3 is 2.21 bits per heavy atom. The summed E-state index contributed by atoms with van der Waals surface area (Å²) in [4.78, 5) is 37.3. The van der Waals surface area contributed by atoms with Crippen LogP contribution in [0.4, 0.5) is 0 Å². The molecular weight excluding hydrogens is 570 g/mol. The van der Waals surface area contributed by atoms with Gasteiger partial charge in [-0.3, -0.25) is 4.79 Å². The van der Waals surface area contributed by atoms with E-state index >= 15 is 0 Å². The lowest BCUT2D eigenvalue weighted by atomic mass is 10.1. The highest BCUT2D eigenvalue weighted by atomic mass is 79.9. The van der Waals surface area contributed by atoms with E-state index < -0.39 is 17.7 Å². The van der Waals surface area contributed by atoms with Crippen molar-refractivity contribution in [2.45, 2.75) is 13.8 Å². The van der Waals surface area contributed by atoms with Crippen LogP contribution in [0, 0.1) is 0 Å². The molecule has 0 atom stereocenters. The van der Waals surface area contributed by atoms with Crippen LogP contribution >= 0.6 is 15.9 Å². The van der Waals surface area contributed by atoms with Crippen LogP contribution in [0.5, 0.6) is 0 Å². The number of Topliss-reactive ketones (excluding diaryl/α,β-unsaturated/α-hetero) is 1. The van der Waals surface area contributed by atoms with Gasteiger partial charge in [-0.2, -0.15) is 5.10 Å². The minimum absolute atomic E-state index is 0.0493. The number of hydrogen-bond donors (Lipinski definition) is 0. The van der Waals surface area contributed by atoms with Crippen molar-refractivity contribution in [2.75, 3.05) is 27.3 Å². The number of halogens is 1. The Kier molecular flexibility index (Phi) is 10.4. The molecule has 0 radical (unpaired) electrons. The molecule has 204 valence electrons. The second-order valence-electron chi connectivity index (χ2n) is 8.03. The summed E-state index contributed by atoms with van der Waals surface area (Å²) in [6.07, 6.45) is 5.86. The number of furan rings is 2. The van der Waals surface area contributed by atoms with E-state index in [0.29, 0.717) is 23.6 Å². The second kappa shape index (κ2) is 14.0. The molecule has 3 aromatic heterocycles. The van der Waals surface area contributed by atoms with Crippen molar-refractivity contribution in [2.24, 2.45) is 0 Å². The third kappa shape index (κ3) is 7.57. The highest BCUT2D eigenvalue weighted by Crippen LogP contribution is 2.28. The van der Waals surface area contributed by atoms with Crippen molar-refractivity contribution < 1.29 is 32.7 Å². The standard InChI is InChI=1S/C16H13BrN2O3.C12H15NO4/c1-2-21-16(20)13-10-18-19(12-7-5-11(17)6-8-12)15(13)14-4-3-9-22-14;1-4-16-12(15)9(8-13(2)3)11(14)10-6-5-7-17-10/h3-10H,2H2,1H3;5-8H,4H2,1-3H3/b;9-8-. The third-order valence-electron chi connectivity index (χ3n) is 4.96. The first-order chi connectivity index (χ1) is 18.8. The zero-order valence-corrected chi connectivity index (χ0v) is 23.5. The SMILES string of the molecule is CCOC(=O)/C(=C\N(C)C)C(=O)c1ccco1.CCOC(=O)c1cnn(-c2ccc(Br)cc2)c1-c1ccco1. The Hall–Kier alpha value is -4.38. The molecule has 0 saturated heterocycles. The van der Waals surface area contributed by atoms with Crippen LogP contribution < -0.4 is 0 Å². The monoisotopic (exact) mass is 597 g/mol. The average molecular weight is 598 g/mol. The molecule has 4 aromatic rings. The largest absolute Gasteiger partial charge is 0.463 e. The number of esters is 2. The van der Waals surface area contributed by atoms with E-state index in [1.54, 1.807) is 62.0 Å². The first kappa shape index (κ1) is 29.2. The van der Waals surface area contributed by atoms with Crippen molar-refractivity contribution >= 4 is 33.7 Å². The number of aromatic nitrogens is 2. The van der Waals surface area contributed by atoms with Crippen LogP contribution in [0.1, 0.15) is 34.8 Å². The molecular formula is C28H28BrN3O7. The number of ether oxygens (including phenoxy) is 2. The highest BCUT2D eigenvalue weighted by Gasteiger charge is 2.24. The predicted octanol–water partition coefficient (Wildman–Crippen LogP) is 5.54. The van der Waals surface area contributed by atoms with Crippen LogP contribution in [0.3, 0.4) is 0 Å². The van der Waals surface area contributed by atoms with E-state index in [0.717, 1.165) is 10.2 Å². The molecule has 4 rings (SSSR count). The molecule has 1 aromatic carbocycles. The van der Waals surface area contributed by atoms with Gasteiger partial charge in [0.15, 0.2) is 11.5 Å². The van der Waals surface area contributed by atoms with Gasteiger partial charge in [-0.05, 0) is 62.4 Å². The number of benzene rings is 1. The van der Waals surface area contributed by atoms with E-state index in [4.69, 9.17) is 18.3 Å². The van der Waals surface area contributed by atoms with E-state index in [1.165, 1.54) is 24.7 Å². The minimum Gasteiger partial charge on any atom is -0.463 e. The van der Waals surface area contributed by atoms with Gasteiger partial charge in [0.05, 0.1) is 37.6 Å². The summed E-state index contributed by atoms with van der Waals surface area (Å²) in [5.41, 5.74) is 1.72. The van der Waals surface area contributed by atoms with Crippen LogP contribution in [0.15, 0.2) is 92.3 Å². The van der Waals surface area contributed by atoms with Crippen LogP contribution in [0.25, 0.3) is 17.1 Å². The van der Waals surface area contributed by atoms with Crippen molar-refractivity contribution in [1.29, 1.82) is 0 Å². The molecule has 0 spiro atoms. The van der Waals surface area contributed by atoms with Gasteiger partial charge in [0.1, 0.15) is 16.8 Å². The number of nitrogens with zero attached hydrogens (tertiary/aromatic N) is 3. The van der Waals surface area contributed by atoms with Gasteiger partial charge in [-0.1, -0.05) is 15.9 Å². The van der Waals surface area contributed by atoms with Gasteiger partial charge >= 0.3 is 11.9 Å². The maximum Gasteiger partial charge on any atom is 0.343 e. The molecule has 39 heavy (non-hydrogen) atoms. The number of carbonyl (C=O) groups is 3. The van der Waals surface area contributed by atoms with E-state index in [2.05, 4.69) is 21.0 Å². The minimum atomic E-state index is -0.650. The number of hydrogen-bond acceptors (Lipinski definition) is 9. The smallest absolute Gasteiger partial charge is 0.343 e. The Labute approximate surface area is 233 Å². The zero-order valence-electron chi connectivity index (χ0n) is 21.9. The second-order valence-corrected chi connectivity index (χ2v) is 8.94. The Morgan fingerprint density at radius 2 is 1.64 bits per heavy atom. The Balaban J connectivity index is 0.000000224. The molecule has 3 heterocycles. The van der Waals surface area contributed by atoms with Crippen molar-refractivity contribution in [3.8, 4) is 17.1 Å². The van der Waals surface area contributed by atoms with E-state index in [-0.39, 0.29) is 17.9 Å². The molecule has 0 aliphatic rings. The molecule has 0 N–H and O–H groups in total. The number of carbonyl (C=O) groups excluding carboxylic acids is 3. The van der Waals surface area contributed by atoms with Crippen molar-refractivity contribution in [3.05, 3.63) is 94.8 Å². The summed E-state index contributed by atoms with van der Waals surface area (Å²) < 4.78 is 23.0. The topological polar surface area (TPSA) is 117 Å². The fraction of sp³-hybridized carbons (Fsp3) is 0.214. The molecule has 10 nitrogen and oxygen atoms in total. The quantitative estimate of drug-likeness (QED) is 0.0805. The highest BCUT2D eigenvalue weighted by molar-refractivity contribution is 9.10. The molecule has 0 unspecified atom stereocenters. The number of ketones is 1. The fourth-order valence-electron chi connectivity index (χ4n) is 3.35. The first-order valence-corrected chi connectivity index (χ1v) is 12.7. The maximum absolute atomic E-state index is 12.1. The van der Waals surface area contributed by atoms with Gasteiger partial charge in [-0.15, -0.1) is 0 Å². The summed E-state index contributed by atoms with van der Waals surface area (Å²) in [5.74, 6) is -0.878. The maximum atomic E-state index is 12.1. The lowest BCUT2D eigenvalue weighted by molar-refractivity contribution is -0.138. The molecule has 11 heteroatoms. The van der Waals surface area contributed by atoms with Gasteiger partial charge in [-0.25, -0.2) is 14.3 Å². The van der Waals surface area contributed by atoms with E-state index in [9.17, 15) is 14.4 Å². The molecule has 0 aliphatic carbocycles. The Bertz CT molecular complexity index is 1400. The average Bonchev–Trinajstić information content (AvgIpc) is 3.69. The fourth-order valence-corrected chi connectivity index (χ4v) is 3.61. The summed E-state index contributed by atoms with van der Waals surface area (Å²) in [6, 6.07) is 14.3. The van der Waals surface area contributed by atoms with Gasteiger partial charge in [0, 0.05) is 24.8 Å². The summed E-state index contributed by atoms with van der Waals surface area (Å²) in [5, 5.41) is 4.32. The summed E-state index contributed by atoms with van der Waals surface area (Å²) in [7, 11) is 3.43. The summed E-state index contributed by atoms with van der Waals surface area (Å²) in [6.45, 7) is 3.97. The molecule has 0 saturated carbocycles. The first-order valence-electron chi connectivity index (χ1n) is 11.9. The van der Waals surface area contributed by atoms with E-state index in [1.807, 2.05) is 24.3 Å². The van der Waals surface area contributed by atoms with Gasteiger partial charge in [0.25, 0.3) is 0 Å². The normalized spacial score (nSPS) is 10.8. The third-order valence-corrected chi connectivity index (χ3v) is 5.49. The molecule has 0 amide bonds. The van der Waals surface area contributed by atoms with Gasteiger partial charge < -0.3 is 23.2 Å². The molecule has 0 fully saturated rings. The zero-order chi connectivity index (χ0) is 28.4. The summed E-state index contributed by atoms with van der Waals surface area (Å²) >= 11 is 3.40. The van der Waals surface area contributed by atoms with Crippen LogP contribution in [-0.4, -0.2) is 59.7 Å². The molecule has 0 bridgehead atoms. The Morgan fingerprint density at radius 1 is 0.974 bits per heavy atom. The lowest BCUT2D eigenvalue weighted by Crippen LogP contribution is -2.19. The molecule has 0 aliphatic heterocycles. The van der Waals surface area contributed by atoms with Crippen LogP contribution in [0.2, 0.25) is 0 Å². The van der Waals surface area contributed by atoms with Gasteiger partial charge in [0.2, 0.25) is 5.78 Å². The number of rotatable bonds is 9.